The van der Waals surface area contributed by atoms with Gasteiger partial charge in [0.2, 0.25) is 0 Å². The average Bonchev–Trinajstić information content (AvgIpc) is 2.58. The summed E-state index contributed by atoms with van der Waals surface area (Å²) in [6.07, 6.45) is 1.66. The van der Waals surface area contributed by atoms with Gasteiger partial charge in [0.25, 0.3) is 10.0 Å². The van der Waals surface area contributed by atoms with E-state index < -0.39 is 10.0 Å². The van der Waals surface area contributed by atoms with Gasteiger partial charge in [0.15, 0.2) is 0 Å². The van der Waals surface area contributed by atoms with Crippen LogP contribution in [-0.4, -0.2) is 13.4 Å². The number of nitrogens with zero attached hydrogens (tertiary/aromatic N) is 1. The lowest BCUT2D eigenvalue weighted by atomic mass is 9.95. The summed E-state index contributed by atoms with van der Waals surface area (Å²) in [5, 5.41) is 0.726. The first-order chi connectivity index (χ1) is 11.7. The van der Waals surface area contributed by atoms with Crippen molar-refractivity contribution < 1.29 is 8.42 Å². The van der Waals surface area contributed by atoms with Crippen LogP contribution >= 0.6 is 0 Å². The van der Waals surface area contributed by atoms with Crippen molar-refractivity contribution in [3.05, 3.63) is 64.3 Å². The van der Waals surface area contributed by atoms with Crippen LogP contribution < -0.4 is 4.72 Å². The Labute approximate surface area is 149 Å². The summed E-state index contributed by atoms with van der Waals surface area (Å²) in [6, 6.07) is 10.0. The first kappa shape index (κ1) is 17.4. The minimum atomic E-state index is -3.72. The van der Waals surface area contributed by atoms with Crippen LogP contribution in [0.15, 0.2) is 35.4 Å². The van der Waals surface area contributed by atoms with Crippen LogP contribution in [-0.2, 0) is 10.0 Å². The van der Waals surface area contributed by atoms with Gasteiger partial charge in [-0.15, -0.1) is 0 Å². The SMILES string of the molecule is Cc1c(C)c(C)c(S(=O)(=O)Nc2cc[c]c3ncccc23)c(C)c1C. The highest BCUT2D eigenvalue weighted by Gasteiger charge is 2.24. The summed E-state index contributed by atoms with van der Waals surface area (Å²) < 4.78 is 29.1. The Kier molecular flexibility index (Phi) is 4.29. The summed E-state index contributed by atoms with van der Waals surface area (Å²) in [4.78, 5) is 4.59. The predicted octanol–water partition coefficient (Wildman–Crippen LogP) is 4.38. The summed E-state index contributed by atoms with van der Waals surface area (Å²) in [6.45, 7) is 9.68. The summed E-state index contributed by atoms with van der Waals surface area (Å²) >= 11 is 0. The molecule has 0 amide bonds. The molecule has 4 nitrogen and oxygen atoms in total. The van der Waals surface area contributed by atoms with Gasteiger partial charge in [0.1, 0.15) is 0 Å². The Hall–Kier alpha value is -2.40. The third kappa shape index (κ3) is 2.89. The molecule has 3 rings (SSSR count). The first-order valence-electron chi connectivity index (χ1n) is 8.09. The van der Waals surface area contributed by atoms with E-state index >= 15 is 0 Å². The van der Waals surface area contributed by atoms with Crippen LogP contribution in [0.5, 0.6) is 0 Å². The fourth-order valence-electron chi connectivity index (χ4n) is 3.18. The van der Waals surface area contributed by atoms with Gasteiger partial charge in [0.05, 0.1) is 16.1 Å². The van der Waals surface area contributed by atoms with Gasteiger partial charge in [-0.25, -0.2) is 8.42 Å². The van der Waals surface area contributed by atoms with Crippen molar-refractivity contribution >= 4 is 26.6 Å². The molecule has 1 aromatic heterocycles. The summed E-state index contributed by atoms with van der Waals surface area (Å²) in [5.41, 5.74) is 5.88. The lowest BCUT2D eigenvalue weighted by Crippen LogP contribution is -2.18. The highest BCUT2D eigenvalue weighted by molar-refractivity contribution is 7.92. The molecule has 0 atom stereocenters. The number of anilines is 1. The smallest absolute Gasteiger partial charge is 0.262 e. The summed E-state index contributed by atoms with van der Waals surface area (Å²) in [5.74, 6) is 0. The summed E-state index contributed by atoms with van der Waals surface area (Å²) in [7, 11) is -3.72. The molecule has 129 valence electrons. The van der Waals surface area contributed by atoms with E-state index in [4.69, 9.17) is 0 Å². The zero-order chi connectivity index (χ0) is 18.4. The van der Waals surface area contributed by atoms with E-state index in [1.807, 2.05) is 40.7 Å². The molecular weight excluding hydrogens is 332 g/mol. The number of pyridine rings is 1. The van der Waals surface area contributed by atoms with Gasteiger partial charge in [-0.3, -0.25) is 9.71 Å². The Bertz CT molecular complexity index is 1050. The lowest BCUT2D eigenvalue weighted by molar-refractivity contribution is 0.599. The molecule has 0 aliphatic rings. The zero-order valence-electron chi connectivity index (χ0n) is 15.1. The van der Waals surface area contributed by atoms with E-state index in [1.165, 1.54) is 0 Å². The van der Waals surface area contributed by atoms with Crippen molar-refractivity contribution in [2.45, 2.75) is 39.5 Å². The lowest BCUT2D eigenvalue weighted by Gasteiger charge is -2.19. The molecule has 25 heavy (non-hydrogen) atoms. The molecule has 0 saturated heterocycles. The largest absolute Gasteiger partial charge is 0.279 e. The molecule has 0 unspecified atom stereocenters. The third-order valence-electron chi connectivity index (χ3n) is 5.01. The molecule has 0 bridgehead atoms. The second-order valence-corrected chi connectivity index (χ2v) is 7.97. The van der Waals surface area contributed by atoms with Gasteiger partial charge in [-0.1, -0.05) is 0 Å². The van der Waals surface area contributed by atoms with Crippen LogP contribution in [0.3, 0.4) is 0 Å². The molecule has 5 heteroatoms. The van der Waals surface area contributed by atoms with Gasteiger partial charge in [-0.2, -0.15) is 0 Å². The maximum Gasteiger partial charge on any atom is 0.262 e. The Balaban J connectivity index is 2.19. The highest BCUT2D eigenvalue weighted by atomic mass is 32.2. The van der Waals surface area contributed by atoms with E-state index in [9.17, 15) is 8.42 Å². The number of benzene rings is 2. The molecule has 3 aromatic rings. The molecule has 1 heterocycles. The molecule has 0 spiro atoms. The highest BCUT2D eigenvalue weighted by Crippen LogP contribution is 2.32. The second kappa shape index (κ2) is 6.15. The number of fused-ring (bicyclic) bond motifs is 1. The fourth-order valence-corrected chi connectivity index (χ4v) is 4.87. The molecule has 0 fully saturated rings. The van der Waals surface area contributed by atoms with Gasteiger partial charge < -0.3 is 0 Å². The zero-order valence-corrected chi connectivity index (χ0v) is 15.9. The molecule has 2 aromatic carbocycles. The number of nitrogens with one attached hydrogen (secondary N) is 1. The number of hydrogen-bond donors (Lipinski definition) is 1. The minimum absolute atomic E-state index is 0.359. The maximum absolute atomic E-state index is 13.2. The molecule has 1 N–H and O–H groups in total. The quantitative estimate of drug-likeness (QED) is 0.760. The Morgan fingerprint density at radius 1 is 0.920 bits per heavy atom. The van der Waals surface area contributed by atoms with Gasteiger partial charge in [0, 0.05) is 17.6 Å². The van der Waals surface area contributed by atoms with E-state index in [0.717, 1.165) is 33.2 Å². The normalized spacial score (nSPS) is 11.7. The molecule has 0 aliphatic heterocycles. The third-order valence-corrected chi connectivity index (χ3v) is 6.65. The number of sulfonamides is 1. The van der Waals surface area contributed by atoms with Crippen molar-refractivity contribution in [2.24, 2.45) is 0 Å². The minimum Gasteiger partial charge on any atom is -0.279 e. The van der Waals surface area contributed by atoms with Gasteiger partial charge >= 0.3 is 0 Å². The van der Waals surface area contributed by atoms with Crippen LogP contribution in [0.4, 0.5) is 5.69 Å². The fraction of sp³-hybridized carbons (Fsp3) is 0.250. The number of rotatable bonds is 3. The van der Waals surface area contributed by atoms with E-state index in [1.54, 1.807) is 24.4 Å². The standard InChI is InChI=1S/C20H21N2O2S/c1-12-13(2)15(4)20(16(5)14(12)3)25(23,24)22-19-10-6-9-18-17(19)8-7-11-21-18/h6-8,10-11,22H,1-5H3. The van der Waals surface area contributed by atoms with E-state index in [-0.39, 0.29) is 0 Å². The van der Waals surface area contributed by atoms with Crippen LogP contribution in [0.1, 0.15) is 27.8 Å². The van der Waals surface area contributed by atoms with Crippen LogP contribution in [0.2, 0.25) is 0 Å². The van der Waals surface area contributed by atoms with E-state index in [0.29, 0.717) is 16.1 Å². The number of hydrogen-bond acceptors (Lipinski definition) is 3. The molecule has 0 aliphatic carbocycles. The molecule has 1 radical (unpaired) electrons. The van der Waals surface area contributed by atoms with Crippen LogP contribution in [0.25, 0.3) is 10.9 Å². The second-order valence-electron chi connectivity index (χ2n) is 6.35. The molecule has 0 saturated carbocycles. The Morgan fingerprint density at radius 3 is 2.16 bits per heavy atom. The Morgan fingerprint density at radius 2 is 1.52 bits per heavy atom. The van der Waals surface area contributed by atoms with Crippen molar-refractivity contribution in [2.75, 3.05) is 4.72 Å². The van der Waals surface area contributed by atoms with Crippen LogP contribution in [0, 0.1) is 40.7 Å². The average molecular weight is 353 g/mol. The van der Waals surface area contributed by atoms with Crippen molar-refractivity contribution in [3.8, 4) is 0 Å². The van der Waals surface area contributed by atoms with Crippen molar-refractivity contribution in [3.63, 3.8) is 0 Å². The van der Waals surface area contributed by atoms with Crippen molar-refractivity contribution in [1.82, 2.24) is 4.98 Å². The van der Waals surface area contributed by atoms with E-state index in [2.05, 4.69) is 15.8 Å². The first-order valence-corrected chi connectivity index (χ1v) is 9.57. The monoisotopic (exact) mass is 353 g/mol. The van der Waals surface area contributed by atoms with Crippen molar-refractivity contribution in [1.29, 1.82) is 0 Å². The van der Waals surface area contributed by atoms with Gasteiger partial charge in [-0.05, 0) is 86.7 Å². The molecular formula is C20H21N2O2S. The maximum atomic E-state index is 13.2. The predicted molar refractivity (Wildman–Crippen MR) is 102 cm³/mol. The topological polar surface area (TPSA) is 59.1 Å². The number of aromatic nitrogens is 1.